The number of rotatable bonds is 9. The molecule has 2 aliphatic heterocycles. The first-order valence-electron chi connectivity index (χ1n) is 12.5. The third-order valence-electron chi connectivity index (χ3n) is 6.65. The summed E-state index contributed by atoms with van der Waals surface area (Å²) in [6.45, 7) is 3.67. The highest BCUT2D eigenvalue weighted by Gasteiger charge is 2.50. The summed E-state index contributed by atoms with van der Waals surface area (Å²) in [5.74, 6) is 2.10. The molecule has 9 nitrogen and oxygen atoms in total. The number of carbonyl (C=O) groups excluding carboxylic acids is 3. The number of carbonyl (C=O) groups is 3. The summed E-state index contributed by atoms with van der Waals surface area (Å²) in [6.07, 6.45) is 5.00. The van der Waals surface area contributed by atoms with E-state index in [9.17, 15) is 14.4 Å². The molecule has 0 spiro atoms. The van der Waals surface area contributed by atoms with Crippen LogP contribution in [-0.4, -0.2) is 89.3 Å². The zero-order chi connectivity index (χ0) is 26.2. The van der Waals surface area contributed by atoms with E-state index in [-0.39, 0.29) is 44.1 Å². The summed E-state index contributed by atoms with van der Waals surface area (Å²) < 4.78 is 5.43. The van der Waals surface area contributed by atoms with Crippen LogP contribution in [0.15, 0.2) is 60.7 Å². The molecule has 9 heteroatoms. The van der Waals surface area contributed by atoms with Gasteiger partial charge in [-0.2, -0.15) is 0 Å². The maximum atomic E-state index is 13.6. The molecule has 1 N–H and O–H groups in total. The van der Waals surface area contributed by atoms with Gasteiger partial charge in [0, 0.05) is 26.1 Å². The van der Waals surface area contributed by atoms with Crippen LogP contribution in [0.4, 0.5) is 4.79 Å². The zero-order valence-electron chi connectivity index (χ0n) is 21.1. The standard InChI is InChI=1S/C28H33N5O4/c1-3-16-37-17-15-30-20-25-32(24(27(30)35)18-22-11-7-5-8-12-22)26(34)21-31(4-2)33(25)28(36)29-19-23-13-9-6-10-14-23/h1,5-14,24-25H,4,15-21H2,2H3,(H,29,36)/t24-,25-/m0/s1. The fourth-order valence-electron chi connectivity index (χ4n) is 4.86. The van der Waals surface area contributed by atoms with E-state index >= 15 is 0 Å². The second kappa shape index (κ2) is 12.4. The van der Waals surface area contributed by atoms with Gasteiger partial charge in [0.25, 0.3) is 0 Å². The third kappa shape index (κ3) is 6.10. The number of hydrogen-bond donors (Lipinski definition) is 1. The Bertz CT molecular complexity index is 1120. The van der Waals surface area contributed by atoms with Gasteiger partial charge in [-0.05, 0) is 11.1 Å². The summed E-state index contributed by atoms with van der Waals surface area (Å²) in [6, 6.07) is 18.2. The number of urea groups is 1. The molecule has 0 unspecified atom stereocenters. The van der Waals surface area contributed by atoms with Crippen molar-refractivity contribution in [3.63, 3.8) is 0 Å². The lowest BCUT2D eigenvalue weighted by Gasteiger charge is -2.55. The van der Waals surface area contributed by atoms with E-state index in [0.29, 0.717) is 26.1 Å². The molecular formula is C28H33N5O4. The lowest BCUT2D eigenvalue weighted by molar-refractivity contribution is -0.190. The molecule has 0 aromatic heterocycles. The zero-order valence-corrected chi connectivity index (χ0v) is 21.1. The molecule has 4 amide bonds. The smallest absolute Gasteiger partial charge is 0.334 e. The first-order valence-corrected chi connectivity index (χ1v) is 12.5. The molecule has 4 rings (SSSR count). The van der Waals surface area contributed by atoms with Crippen LogP contribution in [0.2, 0.25) is 0 Å². The Labute approximate surface area is 217 Å². The van der Waals surface area contributed by atoms with E-state index in [1.807, 2.05) is 67.6 Å². The van der Waals surface area contributed by atoms with Gasteiger partial charge in [0.15, 0.2) is 0 Å². The average Bonchev–Trinajstić information content (AvgIpc) is 2.92. The topological polar surface area (TPSA) is 85.4 Å². The first kappa shape index (κ1) is 26.2. The lowest BCUT2D eigenvalue weighted by Crippen LogP contribution is -2.76. The number of nitrogens with zero attached hydrogens (tertiary/aromatic N) is 4. The van der Waals surface area contributed by atoms with Gasteiger partial charge >= 0.3 is 6.03 Å². The van der Waals surface area contributed by atoms with Crippen LogP contribution in [0.25, 0.3) is 0 Å². The Hall–Kier alpha value is -3.87. The maximum Gasteiger partial charge on any atom is 0.334 e. The fourth-order valence-corrected chi connectivity index (χ4v) is 4.86. The molecule has 0 bridgehead atoms. The molecule has 0 radical (unpaired) electrons. The van der Waals surface area contributed by atoms with Crippen LogP contribution in [0.1, 0.15) is 18.1 Å². The molecule has 0 saturated carbocycles. The minimum absolute atomic E-state index is 0.0234. The number of piperazine rings is 1. The van der Waals surface area contributed by atoms with Crippen molar-refractivity contribution < 1.29 is 19.1 Å². The number of benzene rings is 2. The van der Waals surface area contributed by atoms with Crippen molar-refractivity contribution >= 4 is 17.8 Å². The van der Waals surface area contributed by atoms with Crippen LogP contribution in [0.3, 0.4) is 0 Å². The van der Waals surface area contributed by atoms with E-state index in [4.69, 9.17) is 11.2 Å². The Kier molecular flexibility index (Phi) is 8.77. The molecule has 194 valence electrons. The molecule has 2 heterocycles. The van der Waals surface area contributed by atoms with Gasteiger partial charge in [-0.3, -0.25) is 9.59 Å². The van der Waals surface area contributed by atoms with E-state index in [1.54, 1.807) is 19.8 Å². The molecule has 2 aromatic rings. The van der Waals surface area contributed by atoms with Gasteiger partial charge in [-0.1, -0.05) is 73.5 Å². The minimum atomic E-state index is -0.732. The van der Waals surface area contributed by atoms with E-state index in [0.717, 1.165) is 11.1 Å². The van der Waals surface area contributed by atoms with E-state index in [1.165, 1.54) is 0 Å². The number of fused-ring (bicyclic) bond motifs is 1. The van der Waals surface area contributed by atoms with Crippen LogP contribution >= 0.6 is 0 Å². The normalized spacial score (nSPS) is 19.9. The number of hydrogen-bond acceptors (Lipinski definition) is 5. The van der Waals surface area contributed by atoms with Gasteiger partial charge in [-0.15, -0.1) is 6.42 Å². The first-order chi connectivity index (χ1) is 18.0. The minimum Gasteiger partial charge on any atom is -0.367 e. The second-order valence-electron chi connectivity index (χ2n) is 9.00. The Morgan fingerprint density at radius 3 is 2.41 bits per heavy atom. The molecular weight excluding hydrogens is 470 g/mol. The monoisotopic (exact) mass is 503 g/mol. The van der Waals surface area contributed by atoms with Gasteiger partial charge in [-0.25, -0.2) is 14.8 Å². The SMILES string of the molecule is C#CCOCCN1C[C@H]2N(C(=O)CN(CC)N2C(=O)NCc2ccccc2)[C@@H](Cc2ccccc2)C1=O. The number of hydrazine groups is 1. The third-order valence-corrected chi connectivity index (χ3v) is 6.65. The summed E-state index contributed by atoms with van der Waals surface area (Å²) in [5, 5.41) is 6.33. The van der Waals surface area contributed by atoms with Crippen LogP contribution < -0.4 is 5.32 Å². The Morgan fingerprint density at radius 1 is 1.08 bits per heavy atom. The van der Waals surface area contributed by atoms with Crippen LogP contribution in [-0.2, 0) is 27.3 Å². The van der Waals surface area contributed by atoms with E-state index in [2.05, 4.69) is 11.2 Å². The lowest BCUT2D eigenvalue weighted by atomic mass is 9.99. The second-order valence-corrected chi connectivity index (χ2v) is 9.00. The fraction of sp³-hybridized carbons (Fsp3) is 0.393. The highest BCUT2D eigenvalue weighted by atomic mass is 16.5. The highest BCUT2D eigenvalue weighted by molar-refractivity contribution is 5.91. The molecule has 2 fully saturated rings. The molecule has 37 heavy (non-hydrogen) atoms. The number of terminal acetylenes is 1. The molecule has 0 aliphatic carbocycles. The summed E-state index contributed by atoms with van der Waals surface area (Å²) in [7, 11) is 0. The van der Waals surface area contributed by atoms with Crippen molar-refractivity contribution in [1.82, 2.24) is 25.1 Å². The summed E-state index contributed by atoms with van der Waals surface area (Å²) >= 11 is 0. The maximum absolute atomic E-state index is 13.6. The predicted octanol–water partition coefficient (Wildman–Crippen LogP) is 1.71. The number of ether oxygens (including phenoxy) is 1. The number of nitrogens with one attached hydrogen (secondary N) is 1. The van der Waals surface area contributed by atoms with Crippen molar-refractivity contribution in [2.75, 3.05) is 39.4 Å². The number of likely N-dealkylation sites (N-methyl/N-ethyl adjacent to an activating group) is 1. The predicted molar refractivity (Wildman–Crippen MR) is 139 cm³/mol. The van der Waals surface area contributed by atoms with E-state index < -0.39 is 12.2 Å². The van der Waals surface area contributed by atoms with Gasteiger partial charge in [0.1, 0.15) is 18.8 Å². The van der Waals surface area contributed by atoms with Crippen LogP contribution in [0.5, 0.6) is 0 Å². The Morgan fingerprint density at radius 2 is 1.76 bits per heavy atom. The molecule has 2 saturated heterocycles. The van der Waals surface area contributed by atoms with Gasteiger partial charge < -0.3 is 19.9 Å². The summed E-state index contributed by atoms with van der Waals surface area (Å²) in [4.78, 5) is 43.9. The van der Waals surface area contributed by atoms with Crippen molar-refractivity contribution in [3.8, 4) is 12.3 Å². The van der Waals surface area contributed by atoms with Crippen molar-refractivity contribution in [2.45, 2.75) is 32.1 Å². The average molecular weight is 504 g/mol. The van der Waals surface area contributed by atoms with Gasteiger partial charge in [0.2, 0.25) is 11.8 Å². The van der Waals surface area contributed by atoms with Crippen molar-refractivity contribution in [3.05, 3.63) is 71.8 Å². The molecule has 2 aliphatic rings. The highest BCUT2D eigenvalue weighted by Crippen LogP contribution is 2.28. The molecule has 2 atom stereocenters. The Balaban J connectivity index is 1.61. The quantitative estimate of drug-likeness (QED) is 0.416. The van der Waals surface area contributed by atoms with Crippen LogP contribution in [0, 0.1) is 12.3 Å². The molecule has 2 aromatic carbocycles. The number of amides is 4. The largest absolute Gasteiger partial charge is 0.367 e. The van der Waals surface area contributed by atoms with Crippen molar-refractivity contribution in [2.24, 2.45) is 0 Å². The van der Waals surface area contributed by atoms with Gasteiger partial charge in [0.05, 0.1) is 19.7 Å². The summed E-state index contributed by atoms with van der Waals surface area (Å²) in [5.41, 5.74) is 1.91. The van der Waals surface area contributed by atoms with Crippen molar-refractivity contribution in [1.29, 1.82) is 0 Å².